The van der Waals surface area contributed by atoms with Crippen molar-refractivity contribution < 1.29 is 4.79 Å². The van der Waals surface area contributed by atoms with E-state index in [1.807, 2.05) is 24.3 Å². The summed E-state index contributed by atoms with van der Waals surface area (Å²) < 4.78 is 0. The maximum absolute atomic E-state index is 10.6. The first-order valence-corrected chi connectivity index (χ1v) is 6.98. The van der Waals surface area contributed by atoms with Crippen LogP contribution in [-0.2, 0) is 6.42 Å². The third-order valence-electron chi connectivity index (χ3n) is 3.61. The molecule has 0 spiro atoms. The average molecular weight is 267 g/mol. The van der Waals surface area contributed by atoms with E-state index in [4.69, 9.17) is 5.73 Å². The van der Waals surface area contributed by atoms with E-state index in [2.05, 4.69) is 38.1 Å². The van der Waals surface area contributed by atoms with Gasteiger partial charge in [0.2, 0.25) is 0 Å². The van der Waals surface area contributed by atoms with Crippen molar-refractivity contribution in [3.8, 4) is 0 Å². The molecular formula is C18H21NO. The van der Waals surface area contributed by atoms with Gasteiger partial charge >= 0.3 is 0 Å². The van der Waals surface area contributed by atoms with Crippen LogP contribution in [0.3, 0.4) is 0 Å². The van der Waals surface area contributed by atoms with Gasteiger partial charge < -0.3 is 5.73 Å². The molecule has 0 aliphatic heterocycles. The summed E-state index contributed by atoms with van der Waals surface area (Å²) in [6.07, 6.45) is 1.74. The molecule has 0 aromatic heterocycles. The Labute approximate surface area is 120 Å². The molecule has 2 rings (SSSR count). The normalized spacial score (nSPS) is 12.4. The minimum atomic E-state index is 0.0934. The number of carbonyl (C=O) groups excluding carboxylic acids is 1. The van der Waals surface area contributed by atoms with E-state index in [9.17, 15) is 4.79 Å². The van der Waals surface area contributed by atoms with Crippen LogP contribution < -0.4 is 5.73 Å². The zero-order valence-electron chi connectivity index (χ0n) is 12.0. The topological polar surface area (TPSA) is 43.1 Å². The van der Waals surface area contributed by atoms with Crippen LogP contribution in [0.15, 0.2) is 48.5 Å². The Morgan fingerprint density at radius 2 is 1.45 bits per heavy atom. The van der Waals surface area contributed by atoms with E-state index in [1.54, 1.807) is 0 Å². The summed E-state index contributed by atoms with van der Waals surface area (Å²) in [7, 11) is 0. The molecule has 0 saturated carbocycles. The molecule has 2 nitrogen and oxygen atoms in total. The van der Waals surface area contributed by atoms with E-state index in [0.717, 1.165) is 12.7 Å². The van der Waals surface area contributed by atoms with Gasteiger partial charge in [-0.15, -0.1) is 0 Å². The zero-order chi connectivity index (χ0) is 14.5. The Bertz CT molecular complexity index is 555. The molecule has 0 heterocycles. The Balaban J connectivity index is 2.08. The number of benzene rings is 2. The molecule has 20 heavy (non-hydrogen) atoms. The van der Waals surface area contributed by atoms with E-state index >= 15 is 0 Å². The quantitative estimate of drug-likeness (QED) is 0.838. The Morgan fingerprint density at radius 3 is 1.90 bits per heavy atom. The number of nitrogens with two attached hydrogens (primary N) is 1. The number of rotatable bonds is 5. The smallest absolute Gasteiger partial charge is 0.150 e. The maximum Gasteiger partial charge on any atom is 0.150 e. The average Bonchev–Trinajstić information content (AvgIpc) is 2.48. The fourth-order valence-electron chi connectivity index (χ4n) is 2.19. The van der Waals surface area contributed by atoms with Crippen LogP contribution in [0.2, 0.25) is 0 Å². The summed E-state index contributed by atoms with van der Waals surface area (Å²) in [5.41, 5.74) is 10.5. The summed E-state index contributed by atoms with van der Waals surface area (Å²) in [5.74, 6) is 0.441. The van der Waals surface area contributed by atoms with Crippen LogP contribution in [0.25, 0.3) is 0 Å². The number of aldehydes is 1. The maximum atomic E-state index is 10.6. The third kappa shape index (κ3) is 3.55. The lowest BCUT2D eigenvalue weighted by molar-refractivity contribution is 0.112. The van der Waals surface area contributed by atoms with Crippen molar-refractivity contribution in [1.82, 2.24) is 0 Å². The molecule has 0 unspecified atom stereocenters. The van der Waals surface area contributed by atoms with Gasteiger partial charge in [-0.3, -0.25) is 4.79 Å². The molecule has 0 bridgehead atoms. The van der Waals surface area contributed by atoms with E-state index < -0.39 is 0 Å². The highest BCUT2D eigenvalue weighted by atomic mass is 16.1. The molecule has 2 N–H and O–H groups in total. The lowest BCUT2D eigenvalue weighted by atomic mass is 9.95. The summed E-state index contributed by atoms with van der Waals surface area (Å²) in [4.78, 5) is 10.6. The highest BCUT2D eigenvalue weighted by Gasteiger charge is 2.09. The molecule has 2 aromatic carbocycles. The minimum absolute atomic E-state index is 0.0934. The Morgan fingerprint density at radius 1 is 0.950 bits per heavy atom. The SMILES string of the molecule is CC(C)[C@H](N)c1ccc(Cc2ccc(C=O)cc2)cc1. The minimum Gasteiger partial charge on any atom is -0.324 e. The van der Waals surface area contributed by atoms with Crippen molar-refractivity contribution in [2.45, 2.75) is 26.3 Å². The Hall–Kier alpha value is -1.93. The van der Waals surface area contributed by atoms with Crippen molar-refractivity contribution in [2.75, 3.05) is 0 Å². The summed E-state index contributed by atoms with van der Waals surface area (Å²) in [5, 5.41) is 0. The van der Waals surface area contributed by atoms with Crippen LogP contribution in [0.5, 0.6) is 0 Å². The predicted octanol–water partition coefficient (Wildman–Crippen LogP) is 3.75. The molecule has 0 aliphatic rings. The first-order valence-electron chi connectivity index (χ1n) is 6.98. The standard InChI is InChI=1S/C18H21NO/c1-13(2)18(19)17-9-7-15(8-10-17)11-14-3-5-16(12-20)6-4-14/h3-10,12-13,18H,11,19H2,1-2H3/t18-/m0/s1. The van der Waals surface area contributed by atoms with Crippen LogP contribution in [0, 0.1) is 5.92 Å². The molecule has 0 aliphatic carbocycles. The monoisotopic (exact) mass is 267 g/mol. The molecule has 2 aromatic rings. The van der Waals surface area contributed by atoms with Crippen molar-refractivity contribution in [2.24, 2.45) is 11.7 Å². The van der Waals surface area contributed by atoms with E-state index in [1.165, 1.54) is 16.7 Å². The van der Waals surface area contributed by atoms with E-state index in [0.29, 0.717) is 11.5 Å². The molecule has 0 saturated heterocycles. The Kier molecular flexibility index (Phi) is 4.70. The van der Waals surface area contributed by atoms with Crippen LogP contribution in [-0.4, -0.2) is 6.29 Å². The van der Waals surface area contributed by atoms with Crippen molar-refractivity contribution in [3.05, 3.63) is 70.8 Å². The van der Waals surface area contributed by atoms with Gasteiger partial charge in [0.05, 0.1) is 0 Å². The lowest BCUT2D eigenvalue weighted by Crippen LogP contribution is -2.16. The lowest BCUT2D eigenvalue weighted by Gasteiger charge is -2.16. The second kappa shape index (κ2) is 6.49. The summed E-state index contributed by atoms with van der Waals surface area (Å²) >= 11 is 0. The van der Waals surface area contributed by atoms with Crippen molar-refractivity contribution in [3.63, 3.8) is 0 Å². The molecule has 0 fully saturated rings. The van der Waals surface area contributed by atoms with Crippen LogP contribution >= 0.6 is 0 Å². The highest BCUT2D eigenvalue weighted by Crippen LogP contribution is 2.20. The molecule has 104 valence electrons. The van der Waals surface area contributed by atoms with Crippen molar-refractivity contribution in [1.29, 1.82) is 0 Å². The van der Waals surface area contributed by atoms with Gasteiger partial charge in [0.1, 0.15) is 6.29 Å². The van der Waals surface area contributed by atoms with Gasteiger partial charge in [0, 0.05) is 11.6 Å². The molecule has 0 radical (unpaired) electrons. The fraction of sp³-hybridized carbons (Fsp3) is 0.278. The number of hydrogen-bond acceptors (Lipinski definition) is 2. The van der Waals surface area contributed by atoms with Gasteiger partial charge in [-0.05, 0) is 29.0 Å². The number of carbonyl (C=O) groups is 1. The van der Waals surface area contributed by atoms with Gasteiger partial charge in [-0.2, -0.15) is 0 Å². The first kappa shape index (κ1) is 14.5. The first-order chi connectivity index (χ1) is 9.60. The predicted molar refractivity (Wildman–Crippen MR) is 82.8 cm³/mol. The third-order valence-corrected chi connectivity index (χ3v) is 3.61. The van der Waals surface area contributed by atoms with Crippen LogP contribution in [0.4, 0.5) is 0 Å². The van der Waals surface area contributed by atoms with Crippen LogP contribution in [0.1, 0.15) is 46.9 Å². The second-order valence-corrected chi connectivity index (χ2v) is 5.55. The molecule has 0 amide bonds. The number of hydrogen-bond donors (Lipinski definition) is 1. The van der Waals surface area contributed by atoms with Gasteiger partial charge in [0.25, 0.3) is 0 Å². The zero-order valence-corrected chi connectivity index (χ0v) is 12.0. The molecule has 1 atom stereocenters. The van der Waals surface area contributed by atoms with E-state index in [-0.39, 0.29) is 6.04 Å². The highest BCUT2D eigenvalue weighted by molar-refractivity contribution is 5.74. The van der Waals surface area contributed by atoms with Gasteiger partial charge in [0.15, 0.2) is 0 Å². The fourth-order valence-corrected chi connectivity index (χ4v) is 2.19. The summed E-state index contributed by atoms with van der Waals surface area (Å²) in [6.45, 7) is 4.26. The van der Waals surface area contributed by atoms with Gasteiger partial charge in [-0.1, -0.05) is 62.4 Å². The molecular weight excluding hydrogens is 246 g/mol. The van der Waals surface area contributed by atoms with Crippen molar-refractivity contribution >= 4 is 6.29 Å². The van der Waals surface area contributed by atoms with Gasteiger partial charge in [-0.25, -0.2) is 0 Å². The molecule has 2 heteroatoms. The summed E-state index contributed by atoms with van der Waals surface area (Å²) in [6, 6.07) is 16.3. The second-order valence-electron chi connectivity index (χ2n) is 5.55. The largest absolute Gasteiger partial charge is 0.324 e.